The Hall–Kier alpha value is -1.22. The third-order valence-electron chi connectivity index (χ3n) is 1.37. The summed E-state index contributed by atoms with van der Waals surface area (Å²) < 4.78 is 46.6. The molecule has 0 atom stereocenters. The molecule has 1 aliphatic rings. The Balaban J connectivity index is 3.42. The Morgan fingerprint density at radius 2 is 2.00 bits per heavy atom. The molecule has 7 nitrogen and oxygen atoms in total. The molecule has 0 fully saturated rings. The number of nitrogens with zero attached hydrogens (tertiary/aromatic N) is 1. The second-order valence-corrected chi connectivity index (χ2v) is 6.04. The van der Waals surface area contributed by atoms with Crippen LogP contribution in [0.2, 0.25) is 0 Å². The number of carbonyl (C=O) groups is 1. The van der Waals surface area contributed by atoms with E-state index in [1.165, 1.54) is 0 Å². The summed E-state index contributed by atoms with van der Waals surface area (Å²) in [6.45, 7) is 0. The lowest BCUT2D eigenvalue weighted by molar-refractivity contribution is -0.108. The predicted molar refractivity (Wildman–Crippen MR) is 48.5 cm³/mol. The lowest BCUT2D eigenvalue weighted by atomic mass is 10.4. The molecule has 9 heteroatoms. The average Bonchev–Trinajstić information content (AvgIpc) is 2.23. The van der Waals surface area contributed by atoms with Crippen LogP contribution in [0.4, 0.5) is 0 Å². The van der Waals surface area contributed by atoms with Gasteiger partial charge in [-0.05, 0) is 0 Å². The van der Waals surface area contributed by atoms with Gasteiger partial charge in [-0.25, -0.2) is 8.42 Å². The minimum Gasteiger partial charge on any atom is -0.396 e. The number of hydrogen-bond donors (Lipinski definition) is 1. The van der Waals surface area contributed by atoms with E-state index in [-0.39, 0.29) is 0 Å². The third-order valence-corrected chi connectivity index (χ3v) is 3.70. The normalized spacial score (nSPS) is 20.1. The van der Waals surface area contributed by atoms with Gasteiger partial charge < -0.3 is 5.73 Å². The van der Waals surface area contributed by atoms with Crippen LogP contribution < -0.4 is 5.73 Å². The number of sulfone groups is 1. The highest BCUT2D eigenvalue weighted by atomic mass is 32.2. The largest absolute Gasteiger partial charge is 0.396 e. The van der Waals surface area contributed by atoms with Crippen molar-refractivity contribution in [2.24, 2.45) is 10.1 Å². The van der Waals surface area contributed by atoms with Crippen molar-refractivity contribution in [2.75, 3.05) is 6.26 Å². The van der Waals surface area contributed by atoms with Crippen molar-refractivity contribution >= 4 is 31.2 Å². The molecule has 0 amide bonds. The van der Waals surface area contributed by atoms with E-state index in [1.807, 2.05) is 0 Å². The molecule has 0 aliphatic carbocycles. The summed E-state index contributed by atoms with van der Waals surface area (Å²) in [7, 11) is -8.35. The monoisotopic (exact) mass is 238 g/mol. The van der Waals surface area contributed by atoms with Crippen LogP contribution >= 0.6 is 0 Å². The van der Waals surface area contributed by atoms with E-state index in [0.29, 0.717) is 6.26 Å². The van der Waals surface area contributed by atoms with Gasteiger partial charge >= 0.3 is 0 Å². The molecule has 0 aromatic carbocycles. The molecule has 0 saturated heterocycles. The summed E-state index contributed by atoms with van der Waals surface area (Å²) in [6.07, 6.45) is 1.33. The van der Waals surface area contributed by atoms with Gasteiger partial charge in [0.2, 0.25) is 9.84 Å². The summed E-state index contributed by atoms with van der Waals surface area (Å²) in [5.41, 5.74) is 4.66. The van der Waals surface area contributed by atoms with Crippen molar-refractivity contribution in [3.8, 4) is 0 Å². The Labute approximate surface area is 80.3 Å². The molecule has 78 valence electrons. The topological polar surface area (TPSA) is 124 Å². The van der Waals surface area contributed by atoms with Crippen LogP contribution in [-0.2, 0) is 24.7 Å². The van der Waals surface area contributed by atoms with Crippen LogP contribution in [0, 0.1) is 0 Å². The van der Waals surface area contributed by atoms with Gasteiger partial charge in [0.05, 0.1) is 11.9 Å². The van der Waals surface area contributed by atoms with Crippen molar-refractivity contribution < 1.29 is 21.6 Å². The summed E-state index contributed by atoms with van der Waals surface area (Å²) in [5, 5.41) is -1.53. The highest BCUT2D eigenvalue weighted by Gasteiger charge is 2.36. The first-order valence-electron chi connectivity index (χ1n) is 3.21. The van der Waals surface area contributed by atoms with E-state index in [1.54, 1.807) is 0 Å². The number of allylic oxidation sites excluding steroid dienone is 1. The first-order chi connectivity index (χ1) is 6.16. The first kappa shape index (κ1) is 10.9. The maximum absolute atomic E-state index is 11.1. The summed E-state index contributed by atoms with van der Waals surface area (Å²) in [6, 6.07) is 0. The Morgan fingerprint density at radius 3 is 2.29 bits per heavy atom. The predicted octanol–water partition coefficient (Wildman–Crippen LogP) is -1.86. The number of rotatable bonds is 1. The molecule has 1 rings (SSSR count). The minimum atomic E-state index is -4.22. The number of hydrogen-bond acceptors (Lipinski definition) is 6. The van der Waals surface area contributed by atoms with Crippen LogP contribution in [-0.4, -0.2) is 34.4 Å². The van der Waals surface area contributed by atoms with E-state index in [2.05, 4.69) is 4.40 Å². The molecule has 1 aliphatic heterocycles. The minimum absolute atomic E-state index is 0.458. The summed E-state index contributed by atoms with van der Waals surface area (Å²) in [4.78, 5) is 10.1. The van der Waals surface area contributed by atoms with Crippen molar-refractivity contribution in [1.29, 1.82) is 0 Å². The zero-order valence-electron chi connectivity index (χ0n) is 6.96. The molecule has 0 radical (unpaired) electrons. The molecule has 0 bridgehead atoms. The van der Waals surface area contributed by atoms with Crippen molar-refractivity contribution in [1.82, 2.24) is 0 Å². The van der Waals surface area contributed by atoms with E-state index in [4.69, 9.17) is 5.73 Å². The lowest BCUT2D eigenvalue weighted by Gasteiger charge is -1.98. The van der Waals surface area contributed by atoms with Gasteiger partial charge in [0.25, 0.3) is 15.1 Å². The molecule has 2 N–H and O–H groups in total. The van der Waals surface area contributed by atoms with Gasteiger partial charge in [0, 0.05) is 6.26 Å². The van der Waals surface area contributed by atoms with Crippen molar-refractivity contribution in [2.45, 2.75) is 0 Å². The first-order valence-corrected chi connectivity index (χ1v) is 6.54. The van der Waals surface area contributed by atoms with E-state index in [9.17, 15) is 21.6 Å². The summed E-state index contributed by atoms with van der Waals surface area (Å²) >= 11 is 0. The van der Waals surface area contributed by atoms with Crippen LogP contribution in [0.15, 0.2) is 15.0 Å². The Morgan fingerprint density at radius 1 is 1.50 bits per heavy atom. The molecule has 1 heterocycles. The number of sulfonamides is 1. The number of carbonyl (C=O) groups excluding carboxylic acids is 1. The van der Waals surface area contributed by atoms with Gasteiger partial charge in [0.1, 0.15) is 0 Å². The van der Waals surface area contributed by atoms with Gasteiger partial charge in [-0.15, -0.1) is 0 Å². The zero-order valence-corrected chi connectivity index (χ0v) is 8.59. The Kier molecular flexibility index (Phi) is 2.24. The molecule has 14 heavy (non-hydrogen) atoms. The molecule has 0 aromatic rings. The molecule has 0 aromatic heterocycles. The second-order valence-electron chi connectivity index (χ2n) is 2.55. The van der Waals surface area contributed by atoms with Gasteiger partial charge in [0.15, 0.2) is 4.91 Å². The van der Waals surface area contributed by atoms with Gasteiger partial charge in [-0.1, -0.05) is 0 Å². The second kappa shape index (κ2) is 2.89. The zero-order chi connectivity index (χ0) is 11.1. The standard InChI is InChI=1S/C5H6N2O5S2/c1-13(9,10)5(8)4-3(6)2-7-14(4,11)12/h2H,6H2,1H3. The number of nitrogens with two attached hydrogens (primary N) is 1. The van der Waals surface area contributed by atoms with E-state index in [0.717, 1.165) is 6.21 Å². The quantitative estimate of drug-likeness (QED) is 0.571. The van der Waals surface area contributed by atoms with Crippen LogP contribution in [0.25, 0.3) is 0 Å². The van der Waals surface area contributed by atoms with E-state index < -0.39 is 35.6 Å². The Bertz CT molecular complexity index is 551. The third kappa shape index (κ3) is 1.68. The lowest BCUT2D eigenvalue weighted by Crippen LogP contribution is -2.21. The molecule has 0 saturated carbocycles. The van der Waals surface area contributed by atoms with Crippen LogP contribution in [0.1, 0.15) is 0 Å². The summed E-state index contributed by atoms with van der Waals surface area (Å²) in [5.74, 6) is 0. The highest BCUT2D eigenvalue weighted by Crippen LogP contribution is 2.19. The average molecular weight is 238 g/mol. The van der Waals surface area contributed by atoms with Crippen molar-refractivity contribution in [3.05, 3.63) is 10.6 Å². The molecular formula is C5H6N2O5S2. The van der Waals surface area contributed by atoms with Gasteiger partial charge in [-0.3, -0.25) is 4.79 Å². The smallest absolute Gasteiger partial charge is 0.291 e. The molecule has 0 unspecified atom stereocenters. The van der Waals surface area contributed by atoms with E-state index >= 15 is 0 Å². The van der Waals surface area contributed by atoms with Gasteiger partial charge in [-0.2, -0.15) is 12.8 Å². The maximum atomic E-state index is 11.1. The highest BCUT2D eigenvalue weighted by molar-refractivity contribution is 8.09. The fraction of sp³-hybridized carbons (Fsp3) is 0.200. The fourth-order valence-electron chi connectivity index (χ4n) is 0.778. The molecular weight excluding hydrogens is 232 g/mol. The van der Waals surface area contributed by atoms with Crippen LogP contribution in [0.5, 0.6) is 0 Å². The maximum Gasteiger partial charge on any atom is 0.291 e. The van der Waals surface area contributed by atoms with Crippen LogP contribution in [0.3, 0.4) is 0 Å². The fourth-order valence-corrected chi connectivity index (χ4v) is 2.92. The van der Waals surface area contributed by atoms with Crippen molar-refractivity contribution in [3.63, 3.8) is 0 Å². The SMILES string of the molecule is CS(=O)(=O)C(=O)C1=C(N)C=NS1(=O)=O. The molecule has 0 spiro atoms.